The summed E-state index contributed by atoms with van der Waals surface area (Å²) in [7, 11) is 0. The van der Waals surface area contributed by atoms with Crippen molar-refractivity contribution in [2.24, 2.45) is 0 Å². The Bertz CT molecular complexity index is 374. The fraction of sp³-hybridized carbons (Fsp3) is 0.417. The number of aliphatic hydroxyl groups is 1. The Morgan fingerprint density at radius 1 is 1.38 bits per heavy atom. The number of aromatic hydroxyl groups is 1. The van der Waals surface area contributed by atoms with E-state index >= 15 is 0 Å². The molecule has 1 saturated heterocycles. The van der Waals surface area contributed by atoms with Crippen molar-refractivity contribution in [2.45, 2.75) is 18.9 Å². The van der Waals surface area contributed by atoms with Gasteiger partial charge in [0.15, 0.2) is 0 Å². The highest BCUT2D eigenvalue weighted by Gasteiger charge is 2.24. The first-order valence-electron chi connectivity index (χ1n) is 5.39. The van der Waals surface area contributed by atoms with Gasteiger partial charge in [0.25, 0.3) is 0 Å². The normalized spacial score (nSPS) is 20.1. The minimum absolute atomic E-state index is 0.0299. The highest BCUT2D eigenvalue weighted by molar-refractivity contribution is 5.79. The van der Waals surface area contributed by atoms with Crippen LogP contribution in [0.15, 0.2) is 24.3 Å². The summed E-state index contributed by atoms with van der Waals surface area (Å²) < 4.78 is 0. The van der Waals surface area contributed by atoms with Crippen molar-refractivity contribution in [3.63, 3.8) is 0 Å². The number of amides is 1. The van der Waals surface area contributed by atoms with E-state index in [-0.39, 0.29) is 17.8 Å². The lowest BCUT2D eigenvalue weighted by Crippen LogP contribution is -2.30. The molecule has 0 spiro atoms. The van der Waals surface area contributed by atoms with Crippen molar-refractivity contribution in [3.8, 4) is 5.75 Å². The third kappa shape index (κ3) is 2.52. The molecule has 4 nitrogen and oxygen atoms in total. The number of likely N-dealkylation sites (tertiary alicyclic amines) is 1. The van der Waals surface area contributed by atoms with Crippen molar-refractivity contribution < 1.29 is 15.0 Å². The standard InChI is InChI=1S/C12H15NO3/c14-10-3-1-9(2-4-10)7-12(16)13-6-5-11(15)8-13/h1-4,11,14-15H,5-8H2/t11-/m1/s1. The lowest BCUT2D eigenvalue weighted by atomic mass is 10.1. The first-order valence-corrected chi connectivity index (χ1v) is 5.39. The van der Waals surface area contributed by atoms with Crippen LogP contribution in [0.5, 0.6) is 5.75 Å². The quantitative estimate of drug-likeness (QED) is 0.765. The molecule has 0 aliphatic carbocycles. The van der Waals surface area contributed by atoms with Gasteiger partial charge in [-0.25, -0.2) is 0 Å². The summed E-state index contributed by atoms with van der Waals surface area (Å²) in [5.41, 5.74) is 0.879. The van der Waals surface area contributed by atoms with Crippen LogP contribution in [0.4, 0.5) is 0 Å². The average molecular weight is 221 g/mol. The highest BCUT2D eigenvalue weighted by atomic mass is 16.3. The molecule has 0 radical (unpaired) electrons. The molecule has 2 rings (SSSR count). The van der Waals surface area contributed by atoms with Crippen molar-refractivity contribution in [1.82, 2.24) is 4.90 Å². The molecule has 1 aliphatic rings. The van der Waals surface area contributed by atoms with E-state index in [0.29, 0.717) is 25.9 Å². The van der Waals surface area contributed by atoms with Crippen molar-refractivity contribution in [2.75, 3.05) is 13.1 Å². The summed E-state index contributed by atoms with van der Waals surface area (Å²) >= 11 is 0. The number of hydrogen-bond acceptors (Lipinski definition) is 3. The maximum absolute atomic E-state index is 11.8. The van der Waals surface area contributed by atoms with E-state index in [1.165, 1.54) is 0 Å². The molecular weight excluding hydrogens is 206 g/mol. The number of nitrogens with zero attached hydrogens (tertiary/aromatic N) is 1. The fourth-order valence-corrected chi connectivity index (χ4v) is 1.87. The second-order valence-electron chi connectivity index (χ2n) is 4.13. The van der Waals surface area contributed by atoms with Gasteiger partial charge < -0.3 is 15.1 Å². The molecule has 1 amide bonds. The molecule has 0 unspecified atom stereocenters. The van der Waals surface area contributed by atoms with Gasteiger partial charge in [0.2, 0.25) is 5.91 Å². The monoisotopic (exact) mass is 221 g/mol. The van der Waals surface area contributed by atoms with Crippen molar-refractivity contribution >= 4 is 5.91 Å². The summed E-state index contributed by atoms with van der Waals surface area (Å²) in [4.78, 5) is 13.5. The van der Waals surface area contributed by atoms with Crippen LogP contribution < -0.4 is 0 Å². The third-order valence-corrected chi connectivity index (χ3v) is 2.81. The highest BCUT2D eigenvalue weighted by Crippen LogP contribution is 2.13. The Labute approximate surface area is 94.1 Å². The number of hydrogen-bond donors (Lipinski definition) is 2. The summed E-state index contributed by atoms with van der Waals surface area (Å²) in [5, 5.41) is 18.4. The number of carbonyl (C=O) groups is 1. The molecule has 2 N–H and O–H groups in total. The first-order chi connectivity index (χ1) is 7.65. The lowest BCUT2D eigenvalue weighted by molar-refractivity contribution is -0.129. The maximum Gasteiger partial charge on any atom is 0.227 e. The van der Waals surface area contributed by atoms with Gasteiger partial charge in [0, 0.05) is 13.1 Å². The summed E-state index contributed by atoms with van der Waals surface area (Å²) in [6, 6.07) is 6.61. The smallest absolute Gasteiger partial charge is 0.227 e. The van der Waals surface area contributed by atoms with Gasteiger partial charge in [-0.3, -0.25) is 4.79 Å². The van der Waals surface area contributed by atoms with Gasteiger partial charge in [-0.1, -0.05) is 12.1 Å². The predicted octanol–water partition coefficient (Wildman–Crippen LogP) is 0.528. The number of carbonyl (C=O) groups excluding carboxylic acids is 1. The molecule has 1 fully saturated rings. The van der Waals surface area contributed by atoms with Gasteiger partial charge in [0.05, 0.1) is 12.5 Å². The molecule has 0 aromatic heterocycles. The van der Waals surface area contributed by atoms with Gasteiger partial charge in [-0.15, -0.1) is 0 Å². The van der Waals surface area contributed by atoms with E-state index in [1.54, 1.807) is 29.2 Å². The third-order valence-electron chi connectivity index (χ3n) is 2.81. The van der Waals surface area contributed by atoms with Crippen LogP contribution in [-0.2, 0) is 11.2 Å². The van der Waals surface area contributed by atoms with Crippen LogP contribution in [-0.4, -0.2) is 40.2 Å². The van der Waals surface area contributed by atoms with Crippen LogP contribution in [0.2, 0.25) is 0 Å². The minimum atomic E-state index is -0.372. The van der Waals surface area contributed by atoms with Gasteiger partial charge in [-0.2, -0.15) is 0 Å². The van der Waals surface area contributed by atoms with Crippen LogP contribution in [0.3, 0.4) is 0 Å². The van der Waals surface area contributed by atoms with Crippen molar-refractivity contribution in [3.05, 3.63) is 29.8 Å². The van der Waals surface area contributed by atoms with Crippen LogP contribution in [0.1, 0.15) is 12.0 Å². The first kappa shape index (κ1) is 11.0. The van der Waals surface area contributed by atoms with Gasteiger partial charge in [-0.05, 0) is 24.1 Å². The largest absolute Gasteiger partial charge is 0.508 e. The Kier molecular flexibility index (Phi) is 3.10. The number of benzene rings is 1. The molecule has 1 heterocycles. The maximum atomic E-state index is 11.8. The number of phenols is 1. The molecule has 1 aromatic carbocycles. The van der Waals surface area contributed by atoms with E-state index in [0.717, 1.165) is 5.56 Å². The number of rotatable bonds is 2. The predicted molar refractivity (Wildman–Crippen MR) is 59.0 cm³/mol. The summed E-state index contributed by atoms with van der Waals surface area (Å²) in [5.74, 6) is 0.232. The summed E-state index contributed by atoms with van der Waals surface area (Å²) in [6.07, 6.45) is 0.623. The molecular formula is C12H15NO3. The molecule has 1 atom stereocenters. The molecule has 1 aromatic rings. The topological polar surface area (TPSA) is 60.8 Å². The second-order valence-corrected chi connectivity index (χ2v) is 4.13. The second kappa shape index (κ2) is 4.53. The SMILES string of the molecule is O=C(Cc1ccc(O)cc1)N1CC[C@@H](O)C1. The number of β-amino-alcohol motifs (C(OH)–C–C–N with tert-alkyl or cyclic N) is 1. The van der Waals surface area contributed by atoms with Crippen LogP contribution in [0, 0.1) is 0 Å². The zero-order valence-electron chi connectivity index (χ0n) is 8.97. The zero-order chi connectivity index (χ0) is 11.5. The van der Waals surface area contributed by atoms with Crippen LogP contribution >= 0.6 is 0 Å². The lowest BCUT2D eigenvalue weighted by Gasteiger charge is -2.15. The van der Waals surface area contributed by atoms with E-state index in [2.05, 4.69) is 0 Å². The number of phenolic OH excluding ortho intramolecular Hbond substituents is 1. The Hall–Kier alpha value is -1.55. The Morgan fingerprint density at radius 3 is 2.62 bits per heavy atom. The molecule has 4 heteroatoms. The van der Waals surface area contributed by atoms with E-state index in [1.807, 2.05) is 0 Å². The minimum Gasteiger partial charge on any atom is -0.508 e. The fourth-order valence-electron chi connectivity index (χ4n) is 1.87. The molecule has 86 valence electrons. The Balaban J connectivity index is 1.94. The zero-order valence-corrected chi connectivity index (χ0v) is 8.97. The molecule has 1 aliphatic heterocycles. The van der Waals surface area contributed by atoms with E-state index in [4.69, 9.17) is 5.11 Å². The Morgan fingerprint density at radius 2 is 2.06 bits per heavy atom. The van der Waals surface area contributed by atoms with Crippen LogP contribution in [0.25, 0.3) is 0 Å². The molecule has 16 heavy (non-hydrogen) atoms. The molecule has 0 saturated carbocycles. The van der Waals surface area contributed by atoms with Crippen molar-refractivity contribution in [1.29, 1.82) is 0 Å². The van der Waals surface area contributed by atoms with E-state index in [9.17, 15) is 9.90 Å². The average Bonchev–Trinajstić information content (AvgIpc) is 2.68. The van der Waals surface area contributed by atoms with Gasteiger partial charge in [0.1, 0.15) is 5.75 Å². The number of aliphatic hydroxyl groups excluding tert-OH is 1. The molecule has 0 bridgehead atoms. The van der Waals surface area contributed by atoms with Gasteiger partial charge >= 0.3 is 0 Å². The van der Waals surface area contributed by atoms with E-state index < -0.39 is 0 Å². The summed E-state index contributed by atoms with van der Waals surface area (Å²) in [6.45, 7) is 1.08.